The second kappa shape index (κ2) is 19.5. The minimum absolute atomic E-state index is 0. The quantitative estimate of drug-likeness (QED) is 0.181. The third kappa shape index (κ3) is 10.3. The molecular weight excluding hydrogens is 541 g/mol. The maximum atomic E-state index is 4.57. The molecule has 4 aromatic rings. The van der Waals surface area contributed by atoms with Gasteiger partial charge in [-0.25, -0.2) is 4.98 Å². The van der Waals surface area contributed by atoms with Crippen LogP contribution in [0.5, 0.6) is 0 Å². The van der Waals surface area contributed by atoms with Crippen LogP contribution in [0.25, 0.3) is 22.4 Å². The van der Waals surface area contributed by atoms with E-state index in [0.29, 0.717) is 11.8 Å². The molecule has 0 radical (unpaired) electrons. The Morgan fingerprint density at radius 1 is 0.711 bits per heavy atom. The zero-order valence-corrected chi connectivity index (χ0v) is 27.8. The van der Waals surface area contributed by atoms with Gasteiger partial charge in [0.05, 0.1) is 18.1 Å². The zero-order chi connectivity index (χ0) is 25.8. The number of hydrogen-bond donors (Lipinski definition) is 2. The third-order valence-electron chi connectivity index (χ3n) is 5.65. The summed E-state index contributed by atoms with van der Waals surface area (Å²) in [5.41, 5.74) is 6.33. The van der Waals surface area contributed by atoms with Crippen LogP contribution < -0.4 is 0 Å². The smallest absolute Gasteiger partial charge is 0.362 e. The van der Waals surface area contributed by atoms with Gasteiger partial charge in [0.1, 0.15) is 11.5 Å². The average Bonchev–Trinajstić information content (AvgIpc) is 3.60. The van der Waals surface area contributed by atoms with E-state index in [1.165, 1.54) is 11.1 Å². The van der Waals surface area contributed by atoms with Crippen LogP contribution in [-0.4, -0.2) is 19.9 Å². The Kier molecular flexibility index (Phi) is 19.2. The molecule has 0 bridgehead atoms. The summed E-state index contributed by atoms with van der Waals surface area (Å²) in [6.07, 6.45) is 5.60. The molecule has 1 atom stereocenters. The van der Waals surface area contributed by atoms with Crippen LogP contribution in [-0.2, 0) is 32.7 Å². The summed E-state index contributed by atoms with van der Waals surface area (Å²) in [5, 5.41) is 0. The molecule has 2 N–H and O–H groups in total. The summed E-state index contributed by atoms with van der Waals surface area (Å²) in [7, 11) is 0. The van der Waals surface area contributed by atoms with E-state index < -0.39 is 0 Å². The van der Waals surface area contributed by atoms with Gasteiger partial charge in [-0.1, -0.05) is 90.8 Å². The van der Waals surface area contributed by atoms with E-state index >= 15 is 0 Å². The van der Waals surface area contributed by atoms with Gasteiger partial charge in [-0.3, -0.25) is 4.98 Å². The number of benzene rings is 2. The topological polar surface area (TPSA) is 57.4 Å². The summed E-state index contributed by atoms with van der Waals surface area (Å²) in [5.74, 6) is 9.15. The molecule has 0 aliphatic carbocycles. The van der Waals surface area contributed by atoms with Crippen molar-refractivity contribution in [2.24, 2.45) is 5.92 Å². The predicted octanol–water partition coefficient (Wildman–Crippen LogP) is 9.15. The van der Waals surface area contributed by atoms with Crippen molar-refractivity contribution in [1.82, 2.24) is 19.9 Å². The van der Waals surface area contributed by atoms with Gasteiger partial charge in [-0.15, -0.1) is 0 Å². The molecule has 0 spiro atoms. The Morgan fingerprint density at radius 3 is 1.74 bits per heavy atom. The van der Waals surface area contributed by atoms with Crippen LogP contribution in [0.4, 0.5) is 0 Å². The molecule has 0 amide bonds. The van der Waals surface area contributed by atoms with E-state index in [-0.39, 0.29) is 47.6 Å². The van der Waals surface area contributed by atoms with E-state index in [1.807, 2.05) is 59.4 Å². The van der Waals surface area contributed by atoms with E-state index in [0.717, 1.165) is 34.2 Å². The fourth-order valence-electron chi connectivity index (χ4n) is 3.31. The van der Waals surface area contributed by atoms with E-state index in [1.54, 1.807) is 6.20 Å². The molecule has 5 heteroatoms. The standard InChI is InChI=1S/C27H27N4.2C2H6.2CH3.Y/c1-5-26-28-16-24(30-26)15-8-20-6-9-21(10-7-20)22-11-13-23(14-12-22)25-17-29-27(31-25)19(4)18(2)3;2*1-2;;;/h5-7,9-14,16-19H,1-4H3,(H,28,30)(H,29,31);2*1-2H3;2*1H3;/q-1;;;2*-1;+3. The largest absolute Gasteiger partial charge is 3.00 e. The first kappa shape index (κ1) is 37.5. The zero-order valence-electron chi connectivity index (χ0n) is 25.0. The maximum absolute atomic E-state index is 4.57. The molecule has 0 saturated heterocycles. The fraction of sp³-hybridized carbons (Fsp3) is 0.303. The van der Waals surface area contributed by atoms with Crippen LogP contribution in [0.15, 0.2) is 60.9 Å². The van der Waals surface area contributed by atoms with Crippen LogP contribution >= 0.6 is 0 Å². The molecule has 2 heterocycles. The normalized spacial score (nSPS) is 9.92. The summed E-state index contributed by atoms with van der Waals surface area (Å²) >= 11 is 0. The van der Waals surface area contributed by atoms with Crippen LogP contribution in [0, 0.1) is 39.0 Å². The van der Waals surface area contributed by atoms with Gasteiger partial charge >= 0.3 is 32.7 Å². The van der Waals surface area contributed by atoms with Gasteiger partial charge < -0.3 is 31.2 Å². The van der Waals surface area contributed by atoms with Crippen LogP contribution in [0.3, 0.4) is 0 Å². The van der Waals surface area contributed by atoms with Crippen molar-refractivity contribution in [2.75, 3.05) is 0 Å². The van der Waals surface area contributed by atoms with Gasteiger partial charge in [-0.2, -0.15) is 6.92 Å². The molecule has 0 aliphatic rings. The number of nitrogens with one attached hydrogen (secondary N) is 2. The molecule has 0 fully saturated rings. The molecule has 0 aliphatic heterocycles. The van der Waals surface area contributed by atoms with Gasteiger partial charge in [0.15, 0.2) is 0 Å². The summed E-state index contributed by atoms with van der Waals surface area (Å²) in [6, 6.07) is 16.9. The van der Waals surface area contributed by atoms with Crippen molar-refractivity contribution in [3.05, 3.63) is 105 Å². The van der Waals surface area contributed by atoms with Gasteiger partial charge in [0.25, 0.3) is 0 Å². The van der Waals surface area contributed by atoms with Crippen molar-refractivity contribution in [2.45, 2.75) is 61.3 Å². The van der Waals surface area contributed by atoms with Gasteiger partial charge in [-0.05, 0) is 46.5 Å². The van der Waals surface area contributed by atoms with E-state index in [4.69, 9.17) is 0 Å². The summed E-state index contributed by atoms with van der Waals surface area (Å²) < 4.78 is 0. The second-order valence-electron chi connectivity index (χ2n) is 8.09. The summed E-state index contributed by atoms with van der Waals surface area (Å²) in [4.78, 5) is 15.4. The molecule has 200 valence electrons. The molecule has 4 nitrogen and oxygen atoms in total. The monoisotopic (exact) mass is 586 g/mol. The number of imidazole rings is 2. The minimum atomic E-state index is 0. The molecule has 0 saturated carbocycles. The Morgan fingerprint density at radius 2 is 1.24 bits per heavy atom. The number of rotatable bonds is 5. The molecular formula is C33H45N4Y. The molecule has 4 rings (SSSR count). The van der Waals surface area contributed by atoms with Crippen molar-refractivity contribution in [3.63, 3.8) is 0 Å². The molecule has 2 aromatic heterocycles. The van der Waals surface area contributed by atoms with Crippen molar-refractivity contribution in [3.8, 4) is 34.2 Å². The average molecular weight is 587 g/mol. The first-order valence-electron chi connectivity index (χ1n) is 12.7. The van der Waals surface area contributed by atoms with Gasteiger partial charge in [0.2, 0.25) is 0 Å². The van der Waals surface area contributed by atoms with Crippen molar-refractivity contribution < 1.29 is 32.7 Å². The predicted molar refractivity (Wildman–Crippen MR) is 162 cm³/mol. The molecule has 38 heavy (non-hydrogen) atoms. The Hall–Kier alpha value is -2.61. The number of nitrogens with zero attached hydrogens (tertiary/aromatic N) is 2. The van der Waals surface area contributed by atoms with Crippen molar-refractivity contribution >= 4 is 0 Å². The summed E-state index contributed by atoms with van der Waals surface area (Å²) in [6.45, 7) is 16.6. The van der Waals surface area contributed by atoms with Gasteiger partial charge in [0, 0.05) is 11.5 Å². The Balaban J connectivity index is 0. The molecule has 2 aromatic carbocycles. The number of hydrogen-bond acceptors (Lipinski definition) is 2. The SMILES string of the molecule is CC.CC.C[CH-]c1ncc(C#Cc2ccc(-c3ccc(-c4cnc(C(C)C(C)C)[nH]4)cc3)cc2)[nH]1.[CH3-].[CH3-].[Y+3]. The van der Waals surface area contributed by atoms with E-state index in [9.17, 15) is 0 Å². The minimum Gasteiger partial charge on any atom is -0.362 e. The molecule has 1 unspecified atom stereocenters. The van der Waals surface area contributed by atoms with Crippen LogP contribution in [0.2, 0.25) is 0 Å². The van der Waals surface area contributed by atoms with E-state index in [2.05, 4.69) is 88.9 Å². The Bertz CT molecular complexity index is 1210. The maximum Gasteiger partial charge on any atom is 3.00 e. The number of aromatic nitrogens is 4. The second-order valence-corrected chi connectivity index (χ2v) is 8.09. The van der Waals surface area contributed by atoms with Crippen LogP contribution in [0.1, 0.15) is 84.2 Å². The Labute approximate surface area is 257 Å². The first-order valence-corrected chi connectivity index (χ1v) is 12.7. The van der Waals surface area contributed by atoms with Crippen molar-refractivity contribution in [1.29, 1.82) is 0 Å². The number of H-pyrrole nitrogens is 2. The third-order valence-corrected chi connectivity index (χ3v) is 5.65. The number of aromatic amines is 2. The fourth-order valence-corrected chi connectivity index (χ4v) is 3.31. The first-order chi connectivity index (χ1) is 17.0.